The van der Waals surface area contributed by atoms with E-state index in [0.717, 1.165) is 23.1 Å². The third-order valence-corrected chi connectivity index (χ3v) is 6.05. The van der Waals surface area contributed by atoms with Crippen LogP contribution in [0.2, 0.25) is 0 Å². The van der Waals surface area contributed by atoms with Gasteiger partial charge in [-0.05, 0) is 35.8 Å². The van der Waals surface area contributed by atoms with E-state index in [1.165, 1.54) is 31.5 Å². The van der Waals surface area contributed by atoms with Crippen LogP contribution in [0.15, 0.2) is 34.7 Å². The summed E-state index contributed by atoms with van der Waals surface area (Å²) in [5.74, 6) is -0.222. The molecule has 0 unspecified atom stereocenters. The summed E-state index contributed by atoms with van der Waals surface area (Å²) in [7, 11) is -2.37. The maximum absolute atomic E-state index is 13.7. The van der Waals surface area contributed by atoms with E-state index >= 15 is 0 Å². The Hall–Kier alpha value is -2.11. The molecule has 1 N–H and O–H groups in total. The Balaban J connectivity index is 1.85. The van der Waals surface area contributed by atoms with Gasteiger partial charge in [0.2, 0.25) is 5.13 Å². The lowest BCUT2D eigenvalue weighted by Crippen LogP contribution is -2.11. The monoisotopic (exact) mass is 372 g/mol. The topological polar surface area (TPSA) is 94.1 Å². The number of nitrogens with one attached hydrogen (secondary N) is 1. The molecule has 0 aliphatic rings. The van der Waals surface area contributed by atoms with E-state index in [2.05, 4.69) is 18.5 Å². The fourth-order valence-corrected chi connectivity index (χ4v) is 4.23. The molecule has 0 aliphatic heterocycles. The standard InChI is InChI=1S/C12H9FN4O3S3/c1-20-9-3-2-7(6-8(9)13)11-15-12(22-16-11)17-23(18,19)10-4-5-14-21-10/h2-6H,1H3,(H,15,16,17). The van der Waals surface area contributed by atoms with Gasteiger partial charge in [0.15, 0.2) is 21.6 Å². The zero-order valence-electron chi connectivity index (χ0n) is 11.6. The molecular weight excluding hydrogens is 363 g/mol. The second-order valence-corrected chi connectivity index (χ2v) is 7.70. The molecule has 3 rings (SSSR count). The predicted octanol–water partition coefficient (Wildman–Crippen LogP) is 2.61. The Morgan fingerprint density at radius 3 is 2.74 bits per heavy atom. The van der Waals surface area contributed by atoms with Crippen LogP contribution < -0.4 is 9.46 Å². The lowest BCUT2D eigenvalue weighted by Gasteiger charge is -2.02. The molecule has 0 aliphatic carbocycles. The minimum atomic E-state index is -3.74. The highest BCUT2D eigenvalue weighted by Gasteiger charge is 2.19. The van der Waals surface area contributed by atoms with Gasteiger partial charge in [0.25, 0.3) is 10.0 Å². The summed E-state index contributed by atoms with van der Waals surface area (Å²) >= 11 is 1.71. The molecule has 0 bridgehead atoms. The van der Waals surface area contributed by atoms with Gasteiger partial charge in [0.1, 0.15) is 0 Å². The quantitative estimate of drug-likeness (QED) is 0.740. The molecule has 3 aromatic rings. The normalized spacial score (nSPS) is 11.4. The number of anilines is 1. The lowest BCUT2D eigenvalue weighted by atomic mass is 10.2. The predicted molar refractivity (Wildman–Crippen MR) is 84.8 cm³/mol. The molecule has 0 saturated heterocycles. The van der Waals surface area contributed by atoms with E-state index in [-0.39, 0.29) is 20.9 Å². The number of ether oxygens (including phenoxy) is 1. The third-order valence-electron chi connectivity index (χ3n) is 2.74. The molecule has 0 amide bonds. The molecular formula is C12H9FN4O3S3. The van der Waals surface area contributed by atoms with Crippen molar-refractivity contribution >= 4 is 38.2 Å². The van der Waals surface area contributed by atoms with Crippen LogP contribution in [0.25, 0.3) is 11.4 Å². The molecule has 7 nitrogen and oxygen atoms in total. The summed E-state index contributed by atoms with van der Waals surface area (Å²) in [6.07, 6.45) is 1.39. The number of hydrogen-bond acceptors (Lipinski definition) is 8. The van der Waals surface area contributed by atoms with Gasteiger partial charge in [0, 0.05) is 23.3 Å². The van der Waals surface area contributed by atoms with Crippen molar-refractivity contribution in [2.45, 2.75) is 4.21 Å². The Morgan fingerprint density at radius 2 is 2.09 bits per heavy atom. The highest BCUT2D eigenvalue weighted by Crippen LogP contribution is 2.27. The van der Waals surface area contributed by atoms with Crippen LogP contribution in [0.5, 0.6) is 5.75 Å². The van der Waals surface area contributed by atoms with Crippen molar-refractivity contribution in [1.82, 2.24) is 13.7 Å². The fraction of sp³-hybridized carbons (Fsp3) is 0.0833. The van der Waals surface area contributed by atoms with Crippen LogP contribution in [-0.4, -0.2) is 29.3 Å². The zero-order chi connectivity index (χ0) is 16.4. The van der Waals surface area contributed by atoms with Crippen molar-refractivity contribution < 1.29 is 17.5 Å². The molecule has 1 aromatic carbocycles. The summed E-state index contributed by atoms with van der Waals surface area (Å²) in [6, 6.07) is 5.65. The minimum Gasteiger partial charge on any atom is -0.494 e. The van der Waals surface area contributed by atoms with Gasteiger partial charge in [0.05, 0.1) is 7.11 Å². The van der Waals surface area contributed by atoms with Gasteiger partial charge < -0.3 is 4.74 Å². The molecule has 23 heavy (non-hydrogen) atoms. The van der Waals surface area contributed by atoms with Crippen molar-refractivity contribution in [1.29, 1.82) is 0 Å². The fourth-order valence-electron chi connectivity index (χ4n) is 1.70. The van der Waals surface area contributed by atoms with E-state index in [0.29, 0.717) is 5.56 Å². The van der Waals surface area contributed by atoms with Gasteiger partial charge in [-0.1, -0.05) is 0 Å². The van der Waals surface area contributed by atoms with E-state index in [1.807, 2.05) is 0 Å². The molecule has 120 valence electrons. The maximum Gasteiger partial charge on any atom is 0.274 e. The SMILES string of the molecule is COc1ccc(-c2nsc(NS(=O)(=O)c3ccns3)n2)cc1F. The number of hydrogen-bond donors (Lipinski definition) is 1. The maximum atomic E-state index is 13.7. The van der Waals surface area contributed by atoms with E-state index in [1.54, 1.807) is 6.07 Å². The van der Waals surface area contributed by atoms with Crippen LogP contribution >= 0.6 is 23.1 Å². The first-order chi connectivity index (χ1) is 11.0. The number of halogens is 1. The van der Waals surface area contributed by atoms with E-state index in [9.17, 15) is 12.8 Å². The lowest BCUT2D eigenvalue weighted by molar-refractivity contribution is 0.386. The average molecular weight is 372 g/mol. The first-order valence-electron chi connectivity index (χ1n) is 6.11. The molecule has 0 radical (unpaired) electrons. The smallest absolute Gasteiger partial charge is 0.274 e. The highest BCUT2D eigenvalue weighted by molar-refractivity contribution is 7.94. The second kappa shape index (κ2) is 6.18. The second-order valence-electron chi connectivity index (χ2n) is 4.21. The summed E-state index contributed by atoms with van der Waals surface area (Å²) in [6.45, 7) is 0. The van der Waals surface area contributed by atoms with Gasteiger partial charge >= 0.3 is 0 Å². The van der Waals surface area contributed by atoms with Gasteiger partial charge in [-0.25, -0.2) is 12.8 Å². The average Bonchev–Trinajstić information content (AvgIpc) is 3.18. The van der Waals surface area contributed by atoms with Crippen LogP contribution in [0.4, 0.5) is 9.52 Å². The number of benzene rings is 1. The van der Waals surface area contributed by atoms with Crippen molar-refractivity contribution in [3.8, 4) is 17.1 Å². The number of methoxy groups -OCH3 is 1. The number of rotatable bonds is 5. The largest absolute Gasteiger partial charge is 0.494 e. The number of sulfonamides is 1. The molecule has 0 saturated carbocycles. The summed E-state index contributed by atoms with van der Waals surface area (Å²) in [4.78, 5) is 4.07. The molecule has 0 fully saturated rings. The Morgan fingerprint density at radius 1 is 1.26 bits per heavy atom. The van der Waals surface area contributed by atoms with Crippen LogP contribution in [0.1, 0.15) is 0 Å². The number of aromatic nitrogens is 3. The third kappa shape index (κ3) is 3.30. The molecule has 11 heteroatoms. The summed E-state index contributed by atoms with van der Waals surface area (Å²) < 4.78 is 52.8. The minimum absolute atomic E-state index is 0.0738. The number of nitrogens with zero attached hydrogens (tertiary/aromatic N) is 3. The van der Waals surface area contributed by atoms with Crippen LogP contribution in [0.3, 0.4) is 0 Å². The Kier molecular flexibility index (Phi) is 4.24. The Bertz CT molecular complexity index is 925. The van der Waals surface area contributed by atoms with Crippen LogP contribution in [-0.2, 0) is 10.0 Å². The van der Waals surface area contributed by atoms with Crippen LogP contribution in [0, 0.1) is 5.82 Å². The van der Waals surface area contributed by atoms with E-state index in [4.69, 9.17) is 4.74 Å². The molecule has 0 atom stereocenters. The Labute approximate surface area is 139 Å². The van der Waals surface area contributed by atoms with Crippen molar-refractivity contribution in [2.24, 2.45) is 0 Å². The highest BCUT2D eigenvalue weighted by atomic mass is 32.2. The first-order valence-corrected chi connectivity index (χ1v) is 9.14. The molecule has 2 aromatic heterocycles. The summed E-state index contributed by atoms with van der Waals surface area (Å²) in [5, 5.41) is 0.0876. The molecule has 0 spiro atoms. The van der Waals surface area contributed by atoms with Crippen molar-refractivity contribution in [3.63, 3.8) is 0 Å². The molecule has 2 heterocycles. The first kappa shape index (κ1) is 15.8. The van der Waals surface area contributed by atoms with E-state index < -0.39 is 15.8 Å². The van der Waals surface area contributed by atoms with Gasteiger partial charge in [-0.15, -0.1) is 0 Å². The summed E-state index contributed by atoms with van der Waals surface area (Å²) in [5.41, 5.74) is 0.419. The van der Waals surface area contributed by atoms with Crippen molar-refractivity contribution in [2.75, 3.05) is 11.8 Å². The van der Waals surface area contributed by atoms with Gasteiger partial charge in [-0.2, -0.15) is 13.7 Å². The van der Waals surface area contributed by atoms with Crippen molar-refractivity contribution in [3.05, 3.63) is 36.3 Å². The zero-order valence-corrected chi connectivity index (χ0v) is 14.0. The van der Waals surface area contributed by atoms with Gasteiger partial charge in [-0.3, -0.25) is 4.72 Å².